The zero-order valence-electron chi connectivity index (χ0n) is 27.2. The molecule has 298 valence electrons. The molecule has 0 unspecified atom stereocenters. The molecule has 0 saturated carbocycles. The van der Waals surface area contributed by atoms with Crippen molar-refractivity contribution >= 4 is 48.6 Å². The van der Waals surface area contributed by atoms with Gasteiger partial charge < -0.3 is 9.59 Å². The van der Waals surface area contributed by atoms with E-state index in [1.54, 1.807) is 6.92 Å². The van der Waals surface area contributed by atoms with Gasteiger partial charge in [-0.3, -0.25) is 14.4 Å². The number of ketones is 5. The molecule has 26 heteroatoms. The average molecular weight is 805 g/mol. The van der Waals surface area contributed by atoms with Crippen LogP contribution in [0.25, 0.3) is 0 Å². The number of hydrogen-bond acceptors (Lipinski definition) is 9. The van der Waals surface area contributed by atoms with Crippen LogP contribution >= 0.6 is 0 Å². The lowest BCUT2D eigenvalue weighted by molar-refractivity contribution is -0.272. The van der Waals surface area contributed by atoms with Crippen LogP contribution in [-0.4, -0.2) is 94.7 Å². The van der Waals surface area contributed by atoms with E-state index < -0.39 is 79.6 Å². The van der Waals surface area contributed by atoms with Gasteiger partial charge in [0.25, 0.3) is 0 Å². The molecule has 0 aromatic rings. The first-order valence-electron chi connectivity index (χ1n) is 11.8. The van der Waals surface area contributed by atoms with Gasteiger partial charge in [-0.25, -0.2) is 16.8 Å². The van der Waals surface area contributed by atoms with E-state index in [-0.39, 0.29) is 24.7 Å². The van der Waals surface area contributed by atoms with E-state index in [4.69, 9.17) is 0 Å². The highest BCUT2D eigenvalue weighted by Gasteiger charge is 2.59. The van der Waals surface area contributed by atoms with Gasteiger partial charge in [-0.1, -0.05) is 6.92 Å². The van der Waals surface area contributed by atoms with E-state index in [1.165, 1.54) is 13.8 Å². The van der Waals surface area contributed by atoms with Crippen LogP contribution in [0.15, 0.2) is 0 Å². The molecular weight excluding hydrogens is 769 g/mol. The first kappa shape index (κ1) is 61.4. The Balaban J connectivity index is -0.0000000865. The summed E-state index contributed by atoms with van der Waals surface area (Å²) in [5.41, 5.74) is -5.09. The number of halogens is 15. The van der Waals surface area contributed by atoms with E-state index in [1.807, 2.05) is 6.92 Å². The van der Waals surface area contributed by atoms with Gasteiger partial charge >= 0.3 is 30.2 Å². The van der Waals surface area contributed by atoms with Gasteiger partial charge in [0.05, 0.1) is 0 Å². The molecule has 0 radical (unpaired) electrons. The van der Waals surface area contributed by atoms with E-state index >= 15 is 0 Å². The summed E-state index contributed by atoms with van der Waals surface area (Å²) in [7, 11) is -7.51. The SMILES string of the molecule is CC(=O)C(C(F)(F)F)C(F)(F)F.CC(=O)C(F)(F)F.CC(=O)CC(F)(F)F.CC(C)=O.CCC(C)=O.CS(=O)(=O)C(F)(F)F.CS(C)(=O)=O. The molecule has 0 heterocycles. The van der Waals surface area contributed by atoms with Crippen LogP contribution in [0, 0.1) is 5.92 Å². The standard InChI is InChI=1S/C5H4F6O.C4H5F3O.C4H8O.C3H3F3O.C3H6O.C2H3F3O2S.C2H6O2S/c1-2(12)3(4(6,7)8)5(9,10)11;1-3(8)2-4(5,6)7;1-3-4(2)5;1-2(7)3(4,5)6;1-3(2)4;1-8(6,7)2(3,4)5;1-5(2,3)4/h3H,1H3;2H2,1H3;3H2,1-2H3;1H3;1-2H3;1H3;1-2H3. The second-order valence-corrected chi connectivity index (χ2v) is 13.3. The van der Waals surface area contributed by atoms with Gasteiger partial charge in [0.2, 0.25) is 21.5 Å². The maximum absolute atomic E-state index is 11.5. The van der Waals surface area contributed by atoms with Gasteiger partial charge in [0, 0.05) is 32.1 Å². The summed E-state index contributed by atoms with van der Waals surface area (Å²) in [6.45, 7) is 8.14. The Bertz CT molecular complexity index is 1180. The fraction of sp³-hybridized carbons (Fsp3) is 0.783. The Kier molecular flexibility index (Phi) is 31.6. The van der Waals surface area contributed by atoms with Gasteiger partial charge in [-0.2, -0.15) is 65.9 Å². The fourth-order valence-electron chi connectivity index (χ4n) is 0.929. The molecule has 0 aliphatic rings. The second kappa shape index (κ2) is 25.2. The maximum Gasteiger partial charge on any atom is 0.497 e. The van der Waals surface area contributed by atoms with Crippen molar-refractivity contribution in [2.45, 2.75) is 91.5 Å². The van der Waals surface area contributed by atoms with Gasteiger partial charge in [-0.05, 0) is 34.6 Å². The third kappa shape index (κ3) is 68.1. The van der Waals surface area contributed by atoms with Gasteiger partial charge in [0.1, 0.15) is 33.6 Å². The quantitative estimate of drug-likeness (QED) is 0.281. The molecule has 0 saturated heterocycles. The highest BCUT2D eigenvalue weighted by Crippen LogP contribution is 2.39. The van der Waals surface area contributed by atoms with E-state index in [0.717, 1.165) is 19.4 Å². The third-order valence-corrected chi connectivity index (χ3v) is 3.67. The Morgan fingerprint density at radius 3 is 0.735 bits per heavy atom. The minimum atomic E-state index is -5.55. The van der Waals surface area contributed by atoms with E-state index in [0.29, 0.717) is 13.3 Å². The molecule has 0 N–H and O–H groups in total. The van der Waals surface area contributed by atoms with Crippen LogP contribution in [0.2, 0.25) is 0 Å². The zero-order chi connectivity index (χ0) is 42.4. The van der Waals surface area contributed by atoms with Crippen molar-refractivity contribution in [3.8, 4) is 0 Å². The van der Waals surface area contributed by atoms with E-state index in [2.05, 4.69) is 0 Å². The third-order valence-electron chi connectivity index (χ3n) is 2.83. The highest BCUT2D eigenvalue weighted by molar-refractivity contribution is 7.91. The molecule has 0 spiro atoms. The predicted molar refractivity (Wildman–Crippen MR) is 143 cm³/mol. The molecule has 0 aromatic carbocycles. The summed E-state index contributed by atoms with van der Waals surface area (Å²) in [5, 5.41) is 0. The molecule has 0 atom stereocenters. The predicted octanol–water partition coefficient (Wildman–Crippen LogP) is 6.77. The van der Waals surface area contributed by atoms with Crippen molar-refractivity contribution in [3.63, 3.8) is 0 Å². The van der Waals surface area contributed by atoms with Crippen molar-refractivity contribution in [2.75, 3.05) is 18.8 Å². The monoisotopic (exact) mass is 804 g/mol. The van der Waals surface area contributed by atoms with Gasteiger partial charge in [-0.15, -0.1) is 0 Å². The minimum Gasteiger partial charge on any atom is -0.300 e. The van der Waals surface area contributed by atoms with Crippen LogP contribution in [0.4, 0.5) is 65.9 Å². The summed E-state index contributed by atoms with van der Waals surface area (Å²) in [5.74, 6) is -7.99. The highest BCUT2D eigenvalue weighted by atomic mass is 32.2. The van der Waals surface area contributed by atoms with Crippen LogP contribution < -0.4 is 0 Å². The fourth-order valence-corrected chi connectivity index (χ4v) is 0.929. The largest absolute Gasteiger partial charge is 0.497 e. The average Bonchev–Trinajstić information content (AvgIpc) is 2.67. The Labute approximate surface area is 271 Å². The Morgan fingerprint density at radius 2 is 0.735 bits per heavy atom. The lowest BCUT2D eigenvalue weighted by Gasteiger charge is -2.19. The molecule has 0 fully saturated rings. The summed E-state index contributed by atoms with van der Waals surface area (Å²) < 4.78 is 206. The lowest BCUT2D eigenvalue weighted by atomic mass is 10.1. The molecule has 0 aromatic heterocycles. The number of Topliss-reactive ketones (excluding diaryl/α,β-unsaturated/α-hetero) is 5. The van der Waals surface area contributed by atoms with Crippen molar-refractivity contribution in [1.82, 2.24) is 0 Å². The van der Waals surface area contributed by atoms with Crippen LogP contribution in [0.1, 0.15) is 61.3 Å². The molecule has 0 amide bonds. The van der Waals surface area contributed by atoms with Crippen molar-refractivity contribution < 1.29 is 107 Å². The molecule has 0 aliphatic heterocycles. The van der Waals surface area contributed by atoms with Crippen LogP contribution in [-0.2, 0) is 43.6 Å². The summed E-state index contributed by atoms with van der Waals surface area (Å²) >= 11 is 0. The summed E-state index contributed by atoms with van der Waals surface area (Å²) in [6, 6.07) is 0. The Hall–Kier alpha value is -2.80. The molecule has 9 nitrogen and oxygen atoms in total. The molecule has 0 aliphatic carbocycles. The number of sulfone groups is 2. The first-order valence-corrected chi connectivity index (χ1v) is 16.0. The number of hydrogen-bond donors (Lipinski definition) is 0. The summed E-state index contributed by atoms with van der Waals surface area (Å²) in [4.78, 5) is 48.3. The van der Waals surface area contributed by atoms with Crippen molar-refractivity contribution in [1.29, 1.82) is 0 Å². The summed E-state index contributed by atoms with van der Waals surface area (Å²) in [6.07, 6.45) is -18.3. The van der Waals surface area contributed by atoms with Crippen LogP contribution in [0.5, 0.6) is 0 Å². The second-order valence-electron chi connectivity index (χ2n) is 9.00. The number of carbonyl (C=O) groups is 5. The smallest absolute Gasteiger partial charge is 0.300 e. The normalized spacial score (nSPS) is 11.6. The first-order chi connectivity index (χ1) is 20.7. The Morgan fingerprint density at radius 1 is 0.551 bits per heavy atom. The number of rotatable bonds is 3. The molecule has 0 bridgehead atoms. The number of alkyl halides is 15. The zero-order valence-corrected chi connectivity index (χ0v) is 28.8. The van der Waals surface area contributed by atoms with E-state index in [9.17, 15) is 107 Å². The minimum absolute atomic E-state index is 0.118. The number of carbonyl (C=O) groups excluding carboxylic acids is 5. The van der Waals surface area contributed by atoms with Crippen molar-refractivity contribution in [3.05, 3.63) is 0 Å². The van der Waals surface area contributed by atoms with Crippen LogP contribution in [0.3, 0.4) is 0 Å². The topological polar surface area (TPSA) is 154 Å². The molecule has 0 rings (SSSR count). The molecular formula is C23H35F15O9S2. The molecule has 49 heavy (non-hydrogen) atoms. The lowest BCUT2D eigenvalue weighted by Crippen LogP contribution is -2.41. The van der Waals surface area contributed by atoms with Crippen molar-refractivity contribution in [2.24, 2.45) is 5.92 Å². The maximum atomic E-state index is 11.5. The van der Waals surface area contributed by atoms with Gasteiger partial charge in [0.15, 0.2) is 5.78 Å².